The Morgan fingerprint density at radius 2 is 2.00 bits per heavy atom. The SMILES string of the molecule is O=C(O)c1cccc(Cl)c1CCSc1ncc(Cl)cc1C(F)(F)F. The highest BCUT2D eigenvalue weighted by atomic mass is 35.5. The summed E-state index contributed by atoms with van der Waals surface area (Å²) < 4.78 is 39.0. The first-order valence-corrected chi connectivity index (χ1v) is 8.30. The summed E-state index contributed by atoms with van der Waals surface area (Å²) in [7, 11) is 0. The summed E-state index contributed by atoms with van der Waals surface area (Å²) >= 11 is 12.4. The molecule has 0 saturated carbocycles. The average molecular weight is 396 g/mol. The summed E-state index contributed by atoms with van der Waals surface area (Å²) in [6.07, 6.45) is -3.25. The lowest BCUT2D eigenvalue weighted by Gasteiger charge is -2.12. The Morgan fingerprint density at radius 3 is 2.62 bits per heavy atom. The summed E-state index contributed by atoms with van der Waals surface area (Å²) in [5.41, 5.74) is -0.512. The molecule has 0 radical (unpaired) electrons. The lowest BCUT2D eigenvalue weighted by molar-refractivity contribution is -0.140. The zero-order valence-electron chi connectivity index (χ0n) is 11.9. The second-order valence-corrected chi connectivity index (χ2v) is 6.60. The third-order valence-corrected chi connectivity index (χ3v) is 4.63. The molecule has 2 aromatic rings. The Morgan fingerprint density at radius 1 is 1.29 bits per heavy atom. The van der Waals surface area contributed by atoms with Crippen molar-refractivity contribution in [2.24, 2.45) is 0 Å². The molecule has 0 fully saturated rings. The quantitative estimate of drug-likeness (QED) is 0.684. The zero-order chi connectivity index (χ0) is 17.9. The van der Waals surface area contributed by atoms with Crippen molar-refractivity contribution in [3.63, 3.8) is 0 Å². The molecular weight excluding hydrogens is 386 g/mol. The maximum absolute atomic E-state index is 13.0. The van der Waals surface area contributed by atoms with Gasteiger partial charge in [-0.25, -0.2) is 9.78 Å². The van der Waals surface area contributed by atoms with E-state index in [0.29, 0.717) is 5.56 Å². The van der Waals surface area contributed by atoms with Crippen molar-refractivity contribution in [1.29, 1.82) is 0 Å². The minimum atomic E-state index is -4.57. The zero-order valence-corrected chi connectivity index (χ0v) is 14.2. The van der Waals surface area contributed by atoms with Crippen LogP contribution in [0, 0.1) is 0 Å². The van der Waals surface area contributed by atoms with Crippen LogP contribution >= 0.6 is 35.0 Å². The first-order chi connectivity index (χ1) is 11.2. The second kappa shape index (κ2) is 7.63. The smallest absolute Gasteiger partial charge is 0.419 e. The van der Waals surface area contributed by atoms with Crippen LogP contribution in [0.15, 0.2) is 35.5 Å². The van der Waals surface area contributed by atoms with E-state index in [1.54, 1.807) is 0 Å². The highest BCUT2D eigenvalue weighted by molar-refractivity contribution is 7.99. The third kappa shape index (κ3) is 4.55. The van der Waals surface area contributed by atoms with Gasteiger partial charge in [0.15, 0.2) is 0 Å². The predicted octanol–water partition coefficient (Wildman–Crippen LogP) is 5.44. The van der Waals surface area contributed by atoms with E-state index in [-0.39, 0.29) is 32.8 Å². The summed E-state index contributed by atoms with van der Waals surface area (Å²) in [6, 6.07) is 5.26. The minimum absolute atomic E-state index is 0.0308. The van der Waals surface area contributed by atoms with Crippen molar-refractivity contribution in [3.8, 4) is 0 Å². The Bertz CT molecular complexity index is 769. The maximum Gasteiger partial charge on any atom is 0.419 e. The standard InChI is InChI=1S/C15H10Cl2F3NO2S/c16-8-6-11(15(18,19)20)13(21-7-8)24-5-4-9-10(14(22)23)2-1-3-12(9)17/h1-3,6-7H,4-5H2,(H,22,23). The third-order valence-electron chi connectivity index (χ3n) is 3.06. The van der Waals surface area contributed by atoms with Crippen LogP contribution in [0.3, 0.4) is 0 Å². The topological polar surface area (TPSA) is 50.2 Å². The molecule has 24 heavy (non-hydrogen) atoms. The van der Waals surface area contributed by atoms with E-state index in [1.165, 1.54) is 18.2 Å². The van der Waals surface area contributed by atoms with Gasteiger partial charge in [-0.2, -0.15) is 13.2 Å². The Hall–Kier alpha value is -1.44. The van der Waals surface area contributed by atoms with Crippen LogP contribution in [0.1, 0.15) is 21.5 Å². The number of hydrogen-bond acceptors (Lipinski definition) is 3. The fourth-order valence-electron chi connectivity index (χ4n) is 2.01. The fraction of sp³-hybridized carbons (Fsp3) is 0.200. The number of carboxylic acids is 1. The first-order valence-electron chi connectivity index (χ1n) is 6.56. The monoisotopic (exact) mass is 395 g/mol. The van der Waals surface area contributed by atoms with Crippen LogP contribution in [0.5, 0.6) is 0 Å². The maximum atomic E-state index is 13.0. The van der Waals surface area contributed by atoms with Gasteiger partial charge in [-0.15, -0.1) is 11.8 Å². The highest BCUT2D eigenvalue weighted by Gasteiger charge is 2.34. The largest absolute Gasteiger partial charge is 0.478 e. The molecule has 0 saturated heterocycles. The van der Waals surface area contributed by atoms with Gasteiger partial charge in [-0.3, -0.25) is 0 Å². The molecule has 1 aromatic heterocycles. The molecule has 9 heteroatoms. The molecular formula is C15H10Cl2F3NO2S. The number of nitrogens with zero attached hydrogens (tertiary/aromatic N) is 1. The van der Waals surface area contributed by atoms with Gasteiger partial charge in [0.2, 0.25) is 0 Å². The van der Waals surface area contributed by atoms with Crippen molar-refractivity contribution in [2.45, 2.75) is 17.6 Å². The molecule has 0 unspecified atom stereocenters. The number of hydrogen-bond donors (Lipinski definition) is 1. The molecule has 128 valence electrons. The van der Waals surface area contributed by atoms with Gasteiger partial charge in [0.05, 0.1) is 16.1 Å². The van der Waals surface area contributed by atoms with Crippen molar-refractivity contribution >= 4 is 40.9 Å². The molecule has 1 heterocycles. The summed E-state index contributed by atoms with van der Waals surface area (Å²) in [4.78, 5) is 14.9. The number of alkyl halides is 3. The lowest BCUT2D eigenvalue weighted by atomic mass is 10.1. The van der Waals surface area contributed by atoms with Crippen LogP contribution in [0.4, 0.5) is 13.2 Å². The van der Waals surface area contributed by atoms with Crippen LogP contribution in [0.2, 0.25) is 10.0 Å². The van der Waals surface area contributed by atoms with Crippen LogP contribution in [-0.2, 0) is 12.6 Å². The van der Waals surface area contributed by atoms with Crippen molar-refractivity contribution in [3.05, 3.63) is 57.2 Å². The van der Waals surface area contributed by atoms with Crippen molar-refractivity contribution in [1.82, 2.24) is 4.98 Å². The van der Waals surface area contributed by atoms with Crippen molar-refractivity contribution < 1.29 is 23.1 Å². The lowest BCUT2D eigenvalue weighted by Crippen LogP contribution is -2.09. The number of aromatic carboxylic acids is 1. The van der Waals surface area contributed by atoms with E-state index >= 15 is 0 Å². The van der Waals surface area contributed by atoms with E-state index in [9.17, 15) is 18.0 Å². The molecule has 0 aliphatic heterocycles. The number of rotatable bonds is 5. The summed E-state index contributed by atoms with van der Waals surface area (Å²) in [5.74, 6) is -0.958. The number of aromatic nitrogens is 1. The minimum Gasteiger partial charge on any atom is -0.478 e. The molecule has 2 rings (SSSR count). The molecule has 3 nitrogen and oxygen atoms in total. The number of thioether (sulfide) groups is 1. The first kappa shape index (κ1) is 18.9. The molecule has 0 bridgehead atoms. The number of halogens is 5. The number of benzene rings is 1. The number of pyridine rings is 1. The molecule has 1 N–H and O–H groups in total. The molecule has 0 atom stereocenters. The molecule has 0 amide bonds. The number of carbonyl (C=O) groups is 1. The highest BCUT2D eigenvalue weighted by Crippen LogP contribution is 2.37. The average Bonchev–Trinajstić information content (AvgIpc) is 2.49. The van der Waals surface area contributed by atoms with Crippen molar-refractivity contribution in [2.75, 3.05) is 5.75 Å². The van der Waals surface area contributed by atoms with E-state index in [4.69, 9.17) is 28.3 Å². The van der Waals surface area contributed by atoms with Gasteiger partial charge in [-0.1, -0.05) is 29.3 Å². The second-order valence-electron chi connectivity index (χ2n) is 4.67. The molecule has 0 aliphatic carbocycles. The Kier molecular flexibility index (Phi) is 6.01. The van der Waals surface area contributed by atoms with E-state index < -0.39 is 17.7 Å². The van der Waals surface area contributed by atoms with Gasteiger partial charge < -0.3 is 5.11 Å². The fourth-order valence-corrected chi connectivity index (χ4v) is 3.39. The van der Waals surface area contributed by atoms with Gasteiger partial charge in [-0.05, 0) is 30.2 Å². The van der Waals surface area contributed by atoms with E-state index in [0.717, 1.165) is 24.0 Å². The molecule has 1 aromatic carbocycles. The Balaban J connectivity index is 2.18. The van der Waals surface area contributed by atoms with E-state index in [2.05, 4.69) is 4.98 Å². The summed E-state index contributed by atoms with van der Waals surface area (Å²) in [6.45, 7) is 0. The Labute approximate surface area is 149 Å². The van der Waals surface area contributed by atoms with Gasteiger partial charge in [0.25, 0.3) is 0 Å². The van der Waals surface area contributed by atoms with E-state index in [1.807, 2.05) is 0 Å². The summed E-state index contributed by atoms with van der Waals surface area (Å²) in [5, 5.41) is 9.09. The van der Waals surface area contributed by atoms with Gasteiger partial charge in [0.1, 0.15) is 5.03 Å². The molecule has 0 spiro atoms. The predicted molar refractivity (Wildman–Crippen MR) is 87.1 cm³/mol. The van der Waals surface area contributed by atoms with Gasteiger partial charge in [0, 0.05) is 17.0 Å². The number of carboxylic acid groups (broad SMARTS) is 1. The van der Waals surface area contributed by atoms with Crippen LogP contribution in [0.25, 0.3) is 0 Å². The molecule has 0 aliphatic rings. The van der Waals surface area contributed by atoms with Crippen LogP contribution < -0.4 is 0 Å². The normalized spacial score (nSPS) is 11.5. The van der Waals surface area contributed by atoms with Crippen LogP contribution in [-0.4, -0.2) is 21.8 Å². The van der Waals surface area contributed by atoms with Gasteiger partial charge >= 0.3 is 12.1 Å².